The number of nitrogen functional groups attached to an aromatic ring is 1. The van der Waals surface area contributed by atoms with Gasteiger partial charge in [-0.25, -0.2) is 4.98 Å². The highest BCUT2D eigenvalue weighted by atomic mass is 15.2. The van der Waals surface area contributed by atoms with Crippen molar-refractivity contribution < 1.29 is 0 Å². The lowest BCUT2D eigenvalue weighted by atomic mass is 10.1. The van der Waals surface area contributed by atoms with Crippen LogP contribution in [0, 0.1) is 12.3 Å². The lowest BCUT2D eigenvalue weighted by Crippen LogP contribution is -2.33. The summed E-state index contributed by atoms with van der Waals surface area (Å²) in [6.07, 6.45) is 0. The molecule has 1 aromatic heterocycles. The van der Waals surface area contributed by atoms with Gasteiger partial charge in [0.2, 0.25) is 0 Å². The largest absolute Gasteiger partial charge is 0.384 e. The number of hydrogen-bond donors (Lipinski definition) is 2. The minimum Gasteiger partial charge on any atom is -0.384 e. The van der Waals surface area contributed by atoms with Gasteiger partial charge in [-0.15, -0.1) is 0 Å². The summed E-state index contributed by atoms with van der Waals surface area (Å²) in [5, 5.41) is 7.77. The van der Waals surface area contributed by atoms with Crippen molar-refractivity contribution in [2.45, 2.75) is 33.4 Å². The molecule has 0 aliphatic heterocycles. The Hall–Kier alpha value is -2.36. The van der Waals surface area contributed by atoms with Crippen molar-refractivity contribution in [1.82, 2.24) is 4.98 Å². The molecule has 0 aliphatic carbocycles. The summed E-state index contributed by atoms with van der Waals surface area (Å²) >= 11 is 0. The van der Waals surface area contributed by atoms with Gasteiger partial charge < -0.3 is 10.6 Å². The van der Waals surface area contributed by atoms with Crippen LogP contribution in [0.3, 0.4) is 0 Å². The van der Waals surface area contributed by atoms with E-state index in [1.165, 1.54) is 5.56 Å². The zero-order valence-electron chi connectivity index (χ0n) is 12.8. The van der Waals surface area contributed by atoms with Gasteiger partial charge >= 0.3 is 0 Å². The standard InChI is InChI=1S/C17H22N4/c1-12(2)21(11-14-7-5-4-6-8-14)17-15(16(18)19)10-9-13(3)20-17/h4-10,12H,11H2,1-3H3,(H3,18,19). The number of nitrogens with zero attached hydrogens (tertiary/aromatic N) is 2. The maximum atomic E-state index is 7.77. The minimum atomic E-state index is 0.0520. The molecule has 0 spiro atoms. The molecule has 2 aromatic rings. The Bertz CT molecular complexity index is 620. The van der Waals surface area contributed by atoms with Gasteiger partial charge in [-0.1, -0.05) is 30.3 Å². The molecule has 0 fully saturated rings. The number of anilines is 1. The van der Waals surface area contributed by atoms with Gasteiger partial charge in [0, 0.05) is 18.3 Å². The summed E-state index contributed by atoms with van der Waals surface area (Å²) in [5.41, 5.74) is 8.53. The maximum Gasteiger partial charge on any atom is 0.140 e. The van der Waals surface area contributed by atoms with E-state index >= 15 is 0 Å². The van der Waals surface area contributed by atoms with Crippen LogP contribution in [-0.4, -0.2) is 16.9 Å². The zero-order chi connectivity index (χ0) is 15.4. The second-order valence-corrected chi connectivity index (χ2v) is 5.44. The Labute approximate surface area is 126 Å². The van der Waals surface area contributed by atoms with Crippen LogP contribution in [-0.2, 0) is 6.54 Å². The van der Waals surface area contributed by atoms with Crippen LogP contribution in [0.25, 0.3) is 0 Å². The van der Waals surface area contributed by atoms with Gasteiger partial charge in [-0.3, -0.25) is 5.41 Å². The molecule has 0 saturated heterocycles. The van der Waals surface area contributed by atoms with E-state index in [-0.39, 0.29) is 11.9 Å². The fourth-order valence-corrected chi connectivity index (χ4v) is 2.25. The van der Waals surface area contributed by atoms with Gasteiger partial charge in [0.1, 0.15) is 11.7 Å². The Morgan fingerprint density at radius 3 is 2.43 bits per heavy atom. The molecule has 1 aromatic carbocycles. The predicted molar refractivity (Wildman–Crippen MR) is 87.8 cm³/mol. The monoisotopic (exact) mass is 282 g/mol. The van der Waals surface area contributed by atoms with Crippen molar-refractivity contribution in [1.29, 1.82) is 5.41 Å². The zero-order valence-corrected chi connectivity index (χ0v) is 12.8. The van der Waals surface area contributed by atoms with E-state index in [2.05, 4.69) is 35.9 Å². The number of nitrogens with two attached hydrogens (primary N) is 1. The van der Waals surface area contributed by atoms with Gasteiger partial charge in [-0.05, 0) is 38.5 Å². The number of nitrogens with one attached hydrogen (secondary N) is 1. The molecule has 21 heavy (non-hydrogen) atoms. The molecule has 3 N–H and O–H groups in total. The van der Waals surface area contributed by atoms with Crippen molar-refractivity contribution in [2.24, 2.45) is 5.73 Å². The molecule has 110 valence electrons. The Balaban J connectivity index is 2.43. The maximum absolute atomic E-state index is 7.77. The molecular weight excluding hydrogens is 260 g/mol. The average Bonchev–Trinajstić information content (AvgIpc) is 2.45. The van der Waals surface area contributed by atoms with E-state index in [9.17, 15) is 0 Å². The molecule has 0 amide bonds. The third-order valence-corrected chi connectivity index (χ3v) is 3.40. The average molecular weight is 282 g/mol. The number of rotatable bonds is 5. The van der Waals surface area contributed by atoms with Gasteiger partial charge in [-0.2, -0.15) is 0 Å². The van der Waals surface area contributed by atoms with E-state index in [0.29, 0.717) is 5.56 Å². The smallest absolute Gasteiger partial charge is 0.140 e. The highest BCUT2D eigenvalue weighted by Gasteiger charge is 2.18. The van der Waals surface area contributed by atoms with Crippen molar-refractivity contribution >= 4 is 11.7 Å². The van der Waals surface area contributed by atoms with Crippen LogP contribution in [0.2, 0.25) is 0 Å². The first-order valence-electron chi connectivity index (χ1n) is 7.11. The lowest BCUT2D eigenvalue weighted by molar-refractivity contribution is 0.670. The van der Waals surface area contributed by atoms with Gasteiger partial charge in [0.25, 0.3) is 0 Å². The highest BCUT2D eigenvalue weighted by molar-refractivity contribution is 5.99. The van der Waals surface area contributed by atoms with Crippen molar-refractivity contribution in [3.8, 4) is 0 Å². The topological polar surface area (TPSA) is 66.0 Å². The summed E-state index contributed by atoms with van der Waals surface area (Å²) in [4.78, 5) is 6.80. The molecule has 0 aliphatic rings. The summed E-state index contributed by atoms with van der Waals surface area (Å²) in [5.74, 6) is 0.831. The Kier molecular flexibility index (Phi) is 4.58. The van der Waals surface area contributed by atoms with Crippen LogP contribution in [0.15, 0.2) is 42.5 Å². The SMILES string of the molecule is Cc1ccc(C(=N)N)c(N(Cc2ccccc2)C(C)C)n1. The van der Waals surface area contributed by atoms with E-state index in [4.69, 9.17) is 11.1 Å². The van der Waals surface area contributed by atoms with Crippen molar-refractivity contribution in [3.05, 3.63) is 59.3 Å². The number of pyridine rings is 1. The fourth-order valence-electron chi connectivity index (χ4n) is 2.25. The molecule has 0 saturated carbocycles. The van der Waals surface area contributed by atoms with Crippen LogP contribution in [0.1, 0.15) is 30.7 Å². The number of aromatic nitrogens is 1. The van der Waals surface area contributed by atoms with Crippen LogP contribution >= 0.6 is 0 Å². The quantitative estimate of drug-likeness (QED) is 0.654. The highest BCUT2D eigenvalue weighted by Crippen LogP contribution is 2.23. The summed E-state index contributed by atoms with van der Waals surface area (Å²) in [6.45, 7) is 6.94. The summed E-state index contributed by atoms with van der Waals surface area (Å²) < 4.78 is 0. The number of benzene rings is 1. The Morgan fingerprint density at radius 1 is 1.19 bits per heavy atom. The van der Waals surface area contributed by atoms with Crippen molar-refractivity contribution in [2.75, 3.05) is 4.90 Å². The van der Waals surface area contributed by atoms with Gasteiger partial charge in [0.05, 0.1) is 5.56 Å². The van der Waals surface area contributed by atoms with E-state index in [1.54, 1.807) is 0 Å². The molecule has 4 nitrogen and oxygen atoms in total. The Morgan fingerprint density at radius 2 is 1.86 bits per heavy atom. The number of aryl methyl sites for hydroxylation is 1. The molecule has 2 rings (SSSR count). The lowest BCUT2D eigenvalue weighted by Gasteiger charge is -2.30. The number of amidine groups is 1. The molecule has 0 unspecified atom stereocenters. The molecule has 0 bridgehead atoms. The third kappa shape index (κ3) is 3.60. The first-order valence-corrected chi connectivity index (χ1v) is 7.11. The molecule has 1 heterocycles. The molecule has 0 atom stereocenters. The fraction of sp³-hybridized carbons (Fsp3) is 0.294. The second-order valence-electron chi connectivity index (χ2n) is 5.44. The van der Waals surface area contributed by atoms with Gasteiger partial charge in [0.15, 0.2) is 0 Å². The molecular formula is C17H22N4. The number of hydrogen-bond acceptors (Lipinski definition) is 3. The predicted octanol–water partition coefficient (Wildman–Crippen LogP) is 3.09. The first-order chi connectivity index (χ1) is 9.99. The van der Waals surface area contributed by atoms with E-state index in [0.717, 1.165) is 18.1 Å². The van der Waals surface area contributed by atoms with E-state index in [1.807, 2.05) is 37.3 Å². The first kappa shape index (κ1) is 15.0. The molecule has 0 radical (unpaired) electrons. The van der Waals surface area contributed by atoms with Crippen LogP contribution < -0.4 is 10.6 Å². The summed E-state index contributed by atoms with van der Waals surface area (Å²) in [7, 11) is 0. The van der Waals surface area contributed by atoms with Crippen LogP contribution in [0.4, 0.5) is 5.82 Å². The van der Waals surface area contributed by atoms with Crippen LogP contribution in [0.5, 0.6) is 0 Å². The van der Waals surface area contributed by atoms with Crippen molar-refractivity contribution in [3.63, 3.8) is 0 Å². The minimum absolute atomic E-state index is 0.0520. The van der Waals surface area contributed by atoms with E-state index < -0.39 is 0 Å². The normalized spacial score (nSPS) is 10.7. The second kappa shape index (κ2) is 6.39. The third-order valence-electron chi connectivity index (χ3n) is 3.40. The molecule has 4 heteroatoms. The summed E-state index contributed by atoms with van der Waals surface area (Å²) in [6, 6.07) is 14.3.